The van der Waals surface area contributed by atoms with E-state index < -0.39 is 0 Å². The van der Waals surface area contributed by atoms with E-state index in [1.54, 1.807) is 11.3 Å². The van der Waals surface area contributed by atoms with Crippen LogP contribution in [0.15, 0.2) is 5.51 Å². The molecule has 1 aromatic heterocycles. The highest BCUT2D eigenvalue weighted by Gasteiger charge is 2.10. The summed E-state index contributed by atoms with van der Waals surface area (Å²) in [6.45, 7) is 9.36. The molecule has 0 aliphatic carbocycles. The largest absolute Gasteiger partial charge is 0.355 e. The summed E-state index contributed by atoms with van der Waals surface area (Å²) in [6, 6.07) is 0.290. The number of aryl methyl sites for hydroxylation is 1. The van der Waals surface area contributed by atoms with E-state index in [9.17, 15) is 4.79 Å². The molecule has 1 aromatic rings. The summed E-state index contributed by atoms with van der Waals surface area (Å²) in [5, 5.41) is 6.26. The van der Waals surface area contributed by atoms with Crippen molar-refractivity contribution in [3.8, 4) is 0 Å². The Morgan fingerprint density at radius 2 is 2.12 bits per heavy atom. The van der Waals surface area contributed by atoms with Crippen LogP contribution in [0.2, 0.25) is 0 Å². The average molecular weight is 255 g/mol. The Kier molecular flexibility index (Phi) is 5.58. The van der Waals surface area contributed by atoms with Gasteiger partial charge in [0.15, 0.2) is 0 Å². The lowest BCUT2D eigenvalue weighted by atomic mass is 10.2. The number of aromatic nitrogens is 1. The molecule has 0 aliphatic rings. The number of carbonyl (C=O) groups excluding carboxylic acids is 1. The van der Waals surface area contributed by atoms with Crippen LogP contribution in [0.4, 0.5) is 0 Å². The molecule has 0 fully saturated rings. The highest BCUT2D eigenvalue weighted by Crippen LogP contribution is 2.20. The van der Waals surface area contributed by atoms with Gasteiger partial charge in [0.25, 0.3) is 0 Å². The maximum Gasteiger partial charge on any atom is 0.222 e. The van der Waals surface area contributed by atoms with Gasteiger partial charge in [-0.2, -0.15) is 0 Å². The predicted octanol–water partition coefficient (Wildman–Crippen LogP) is 1.87. The quantitative estimate of drug-likeness (QED) is 0.763. The van der Waals surface area contributed by atoms with E-state index >= 15 is 0 Å². The van der Waals surface area contributed by atoms with Gasteiger partial charge in [0.1, 0.15) is 0 Å². The average Bonchev–Trinajstić information content (AvgIpc) is 2.70. The Labute approximate surface area is 107 Å². The molecule has 4 nitrogen and oxygen atoms in total. The van der Waals surface area contributed by atoms with Crippen molar-refractivity contribution in [2.75, 3.05) is 13.1 Å². The van der Waals surface area contributed by atoms with Gasteiger partial charge in [0.05, 0.1) is 11.2 Å². The lowest BCUT2D eigenvalue weighted by Crippen LogP contribution is -2.35. The normalized spacial score (nSPS) is 12.8. The van der Waals surface area contributed by atoms with Gasteiger partial charge < -0.3 is 10.6 Å². The summed E-state index contributed by atoms with van der Waals surface area (Å²) in [5.41, 5.74) is 2.95. The lowest BCUT2D eigenvalue weighted by molar-refractivity contribution is -0.123. The van der Waals surface area contributed by atoms with Crippen molar-refractivity contribution < 1.29 is 4.79 Å². The molecule has 17 heavy (non-hydrogen) atoms. The van der Waals surface area contributed by atoms with Crippen molar-refractivity contribution in [2.24, 2.45) is 5.92 Å². The van der Waals surface area contributed by atoms with Crippen LogP contribution in [-0.4, -0.2) is 24.0 Å². The molecule has 96 valence electrons. The molecule has 1 amide bonds. The topological polar surface area (TPSA) is 54.0 Å². The molecule has 0 spiro atoms. The fourth-order valence-corrected chi connectivity index (χ4v) is 2.33. The number of carbonyl (C=O) groups is 1. The van der Waals surface area contributed by atoms with E-state index in [0.717, 1.165) is 12.2 Å². The van der Waals surface area contributed by atoms with Crippen molar-refractivity contribution in [3.05, 3.63) is 16.1 Å². The molecule has 5 heteroatoms. The second-order valence-corrected chi connectivity index (χ2v) is 5.31. The SMILES string of the molecule is Cc1ncsc1C(C)NCCNC(=O)C(C)C. The van der Waals surface area contributed by atoms with Gasteiger partial charge in [-0.05, 0) is 13.8 Å². The van der Waals surface area contributed by atoms with Gasteiger partial charge in [-0.25, -0.2) is 4.98 Å². The van der Waals surface area contributed by atoms with E-state index in [4.69, 9.17) is 0 Å². The van der Waals surface area contributed by atoms with Gasteiger partial charge in [-0.3, -0.25) is 4.79 Å². The molecule has 0 bridgehead atoms. The van der Waals surface area contributed by atoms with Gasteiger partial charge in [0, 0.05) is 29.9 Å². The molecular weight excluding hydrogens is 234 g/mol. The van der Waals surface area contributed by atoms with Crippen LogP contribution in [0.25, 0.3) is 0 Å². The van der Waals surface area contributed by atoms with Gasteiger partial charge >= 0.3 is 0 Å². The van der Waals surface area contributed by atoms with E-state index in [1.807, 2.05) is 26.3 Å². The Morgan fingerprint density at radius 1 is 1.41 bits per heavy atom. The molecule has 1 heterocycles. The minimum atomic E-state index is 0.0520. The smallest absolute Gasteiger partial charge is 0.222 e. The summed E-state index contributed by atoms with van der Waals surface area (Å²) >= 11 is 1.67. The molecule has 0 aromatic carbocycles. The first-order valence-electron chi connectivity index (χ1n) is 5.93. The Bertz CT molecular complexity index is 362. The highest BCUT2D eigenvalue weighted by atomic mass is 32.1. The molecule has 2 N–H and O–H groups in total. The Balaban J connectivity index is 2.24. The third-order valence-electron chi connectivity index (χ3n) is 2.58. The molecule has 0 aliphatic heterocycles. The Hall–Kier alpha value is -0.940. The maximum atomic E-state index is 11.3. The van der Waals surface area contributed by atoms with Crippen LogP contribution in [0.3, 0.4) is 0 Å². The first-order chi connectivity index (χ1) is 8.02. The van der Waals surface area contributed by atoms with Crippen LogP contribution in [0, 0.1) is 12.8 Å². The van der Waals surface area contributed by atoms with Crippen molar-refractivity contribution in [1.29, 1.82) is 0 Å². The van der Waals surface area contributed by atoms with E-state index in [-0.39, 0.29) is 11.8 Å². The van der Waals surface area contributed by atoms with Crippen LogP contribution >= 0.6 is 11.3 Å². The van der Waals surface area contributed by atoms with E-state index in [2.05, 4.69) is 22.5 Å². The number of thiazole rings is 1. The van der Waals surface area contributed by atoms with Crippen molar-refractivity contribution in [2.45, 2.75) is 33.7 Å². The van der Waals surface area contributed by atoms with Crippen LogP contribution in [0.1, 0.15) is 37.4 Å². The summed E-state index contributed by atoms with van der Waals surface area (Å²) < 4.78 is 0. The molecule has 0 radical (unpaired) electrons. The minimum Gasteiger partial charge on any atom is -0.355 e. The van der Waals surface area contributed by atoms with Crippen molar-refractivity contribution in [3.63, 3.8) is 0 Å². The number of hydrogen-bond donors (Lipinski definition) is 2. The number of amides is 1. The monoisotopic (exact) mass is 255 g/mol. The molecule has 1 unspecified atom stereocenters. The third-order valence-corrected chi connectivity index (χ3v) is 3.69. The zero-order valence-corrected chi connectivity index (χ0v) is 11.7. The highest BCUT2D eigenvalue weighted by molar-refractivity contribution is 7.09. The van der Waals surface area contributed by atoms with Crippen molar-refractivity contribution in [1.82, 2.24) is 15.6 Å². The number of rotatable bonds is 6. The Morgan fingerprint density at radius 3 is 2.65 bits per heavy atom. The second kappa shape index (κ2) is 6.71. The van der Waals surface area contributed by atoms with Gasteiger partial charge in [0.2, 0.25) is 5.91 Å². The van der Waals surface area contributed by atoms with Crippen molar-refractivity contribution >= 4 is 17.2 Å². The summed E-state index contributed by atoms with van der Waals surface area (Å²) in [6.07, 6.45) is 0. The number of hydrogen-bond acceptors (Lipinski definition) is 4. The summed E-state index contributed by atoms with van der Waals surface area (Å²) in [7, 11) is 0. The first-order valence-corrected chi connectivity index (χ1v) is 6.81. The van der Waals surface area contributed by atoms with E-state index in [0.29, 0.717) is 12.6 Å². The fourth-order valence-electron chi connectivity index (χ4n) is 1.50. The summed E-state index contributed by atoms with van der Waals surface area (Å²) in [5.74, 6) is 0.157. The molecular formula is C12H21N3OS. The molecule has 0 saturated heterocycles. The zero-order valence-electron chi connectivity index (χ0n) is 10.9. The number of nitrogens with one attached hydrogen (secondary N) is 2. The second-order valence-electron chi connectivity index (χ2n) is 4.42. The van der Waals surface area contributed by atoms with E-state index in [1.165, 1.54) is 4.88 Å². The van der Waals surface area contributed by atoms with Gasteiger partial charge in [-0.1, -0.05) is 13.8 Å². The number of nitrogens with zero attached hydrogens (tertiary/aromatic N) is 1. The lowest BCUT2D eigenvalue weighted by Gasteiger charge is -2.13. The molecule has 1 rings (SSSR count). The van der Waals surface area contributed by atoms with Gasteiger partial charge in [-0.15, -0.1) is 11.3 Å². The zero-order chi connectivity index (χ0) is 12.8. The molecule has 0 saturated carbocycles. The maximum absolute atomic E-state index is 11.3. The third kappa shape index (κ3) is 4.44. The molecule has 1 atom stereocenters. The first kappa shape index (κ1) is 14.1. The predicted molar refractivity (Wildman–Crippen MR) is 71.1 cm³/mol. The fraction of sp³-hybridized carbons (Fsp3) is 0.667. The van der Waals surface area contributed by atoms with Crippen LogP contribution < -0.4 is 10.6 Å². The van der Waals surface area contributed by atoms with Crippen LogP contribution in [-0.2, 0) is 4.79 Å². The van der Waals surface area contributed by atoms with Crippen LogP contribution in [0.5, 0.6) is 0 Å². The standard InChI is InChI=1S/C12H21N3OS/c1-8(2)12(16)14-6-5-13-9(3)11-10(4)15-7-17-11/h7-9,13H,5-6H2,1-4H3,(H,14,16). The minimum absolute atomic E-state index is 0.0520. The summed E-state index contributed by atoms with van der Waals surface area (Å²) in [4.78, 5) is 16.8.